The van der Waals surface area contributed by atoms with E-state index in [9.17, 15) is 0 Å². The predicted octanol–water partition coefficient (Wildman–Crippen LogP) is 3.30. The highest BCUT2D eigenvalue weighted by molar-refractivity contribution is 7.09. The molecule has 0 aliphatic heterocycles. The maximum atomic E-state index is 9.09. The third-order valence-corrected chi connectivity index (χ3v) is 3.60. The molecule has 3 nitrogen and oxygen atoms in total. The van der Waals surface area contributed by atoms with E-state index in [1.165, 1.54) is 5.69 Å². The molecule has 2 heterocycles. The predicted molar refractivity (Wildman–Crippen MR) is 69.2 cm³/mol. The van der Waals surface area contributed by atoms with Crippen molar-refractivity contribution < 1.29 is 0 Å². The van der Waals surface area contributed by atoms with E-state index in [0.717, 1.165) is 22.7 Å². The molecule has 0 radical (unpaired) electrons. The van der Waals surface area contributed by atoms with Crippen LogP contribution in [0.2, 0.25) is 0 Å². The molecule has 0 spiro atoms. The molecule has 2 rings (SSSR count). The zero-order valence-corrected chi connectivity index (χ0v) is 11.1. The molecule has 0 fully saturated rings. The summed E-state index contributed by atoms with van der Waals surface area (Å²) in [7, 11) is 0. The van der Waals surface area contributed by atoms with Gasteiger partial charge in [0.25, 0.3) is 0 Å². The van der Waals surface area contributed by atoms with Crippen LogP contribution in [-0.2, 0) is 6.54 Å². The number of hydrogen-bond donors (Lipinski definition) is 0. The van der Waals surface area contributed by atoms with Gasteiger partial charge in [0, 0.05) is 23.5 Å². The standard InChI is InChI=1S/C13H15N3S/c1-9(2)13-10(3)11(6-14)7-16(13)8-12-15-4-5-17-12/h4-5,7,9H,8H2,1-3H3. The number of nitrogens with zero attached hydrogens (tertiary/aromatic N) is 3. The second-order valence-electron chi connectivity index (χ2n) is 4.37. The lowest BCUT2D eigenvalue weighted by molar-refractivity contribution is 0.686. The monoisotopic (exact) mass is 245 g/mol. The molecule has 88 valence electrons. The highest BCUT2D eigenvalue weighted by Crippen LogP contribution is 2.25. The average molecular weight is 245 g/mol. The summed E-state index contributed by atoms with van der Waals surface area (Å²) in [5, 5.41) is 12.1. The Morgan fingerprint density at radius 1 is 1.53 bits per heavy atom. The van der Waals surface area contributed by atoms with Gasteiger partial charge in [-0.2, -0.15) is 5.26 Å². The molecule has 4 heteroatoms. The highest BCUT2D eigenvalue weighted by atomic mass is 32.1. The van der Waals surface area contributed by atoms with Crippen LogP contribution in [0.1, 0.15) is 41.6 Å². The van der Waals surface area contributed by atoms with Crippen molar-refractivity contribution in [2.75, 3.05) is 0 Å². The van der Waals surface area contributed by atoms with Gasteiger partial charge in [-0.25, -0.2) is 4.98 Å². The van der Waals surface area contributed by atoms with Gasteiger partial charge in [0.05, 0.1) is 12.1 Å². The third-order valence-electron chi connectivity index (χ3n) is 2.84. The maximum Gasteiger partial charge on any atom is 0.112 e. The molecule has 0 N–H and O–H groups in total. The van der Waals surface area contributed by atoms with Crippen molar-refractivity contribution in [3.05, 3.63) is 39.6 Å². The topological polar surface area (TPSA) is 41.6 Å². The summed E-state index contributed by atoms with van der Waals surface area (Å²) in [6.07, 6.45) is 3.75. The van der Waals surface area contributed by atoms with Gasteiger partial charge in [0.2, 0.25) is 0 Å². The molecule has 0 unspecified atom stereocenters. The maximum absolute atomic E-state index is 9.09. The van der Waals surface area contributed by atoms with Gasteiger partial charge in [-0.1, -0.05) is 13.8 Å². The summed E-state index contributed by atoms with van der Waals surface area (Å²) in [5.74, 6) is 0.414. The van der Waals surface area contributed by atoms with E-state index in [-0.39, 0.29) is 0 Å². The second-order valence-corrected chi connectivity index (χ2v) is 5.35. The van der Waals surface area contributed by atoms with Crippen LogP contribution >= 0.6 is 11.3 Å². The van der Waals surface area contributed by atoms with Gasteiger partial charge >= 0.3 is 0 Å². The van der Waals surface area contributed by atoms with Crippen molar-refractivity contribution in [3.8, 4) is 6.07 Å². The molecule has 0 saturated heterocycles. The minimum Gasteiger partial charge on any atom is -0.343 e. The molecule has 0 bridgehead atoms. The molecule has 0 atom stereocenters. The fourth-order valence-corrected chi connectivity index (χ4v) is 2.77. The number of aromatic nitrogens is 2. The van der Waals surface area contributed by atoms with Gasteiger partial charge in [-0.3, -0.25) is 0 Å². The molecule has 2 aromatic heterocycles. The van der Waals surface area contributed by atoms with Crippen molar-refractivity contribution in [1.29, 1.82) is 5.26 Å². The fraction of sp³-hybridized carbons (Fsp3) is 0.385. The lowest BCUT2D eigenvalue weighted by Crippen LogP contribution is -2.05. The Hall–Kier alpha value is -1.60. The highest BCUT2D eigenvalue weighted by Gasteiger charge is 2.15. The number of hydrogen-bond acceptors (Lipinski definition) is 3. The third kappa shape index (κ3) is 2.25. The zero-order chi connectivity index (χ0) is 12.4. The zero-order valence-electron chi connectivity index (χ0n) is 10.3. The molecule has 2 aromatic rings. The van der Waals surface area contributed by atoms with Gasteiger partial charge in [0.15, 0.2) is 0 Å². The summed E-state index contributed by atoms with van der Waals surface area (Å²) in [4.78, 5) is 4.29. The Kier molecular flexibility index (Phi) is 3.30. The van der Waals surface area contributed by atoms with Crippen LogP contribution in [0.3, 0.4) is 0 Å². The van der Waals surface area contributed by atoms with E-state index in [2.05, 4.69) is 29.5 Å². The van der Waals surface area contributed by atoms with Gasteiger partial charge < -0.3 is 4.57 Å². The van der Waals surface area contributed by atoms with Gasteiger partial charge in [-0.05, 0) is 18.4 Å². The van der Waals surface area contributed by atoms with Crippen molar-refractivity contribution in [3.63, 3.8) is 0 Å². The van der Waals surface area contributed by atoms with Crippen LogP contribution in [0.25, 0.3) is 0 Å². The first-order chi connectivity index (χ1) is 8.13. The van der Waals surface area contributed by atoms with Crippen LogP contribution in [0.15, 0.2) is 17.8 Å². The largest absolute Gasteiger partial charge is 0.343 e. The Balaban J connectivity index is 2.43. The number of thiazole rings is 1. The normalized spacial score (nSPS) is 10.8. The summed E-state index contributed by atoms with van der Waals surface area (Å²) in [6, 6.07) is 2.25. The Morgan fingerprint density at radius 2 is 2.29 bits per heavy atom. The molecule has 0 aromatic carbocycles. The van der Waals surface area contributed by atoms with Crippen molar-refractivity contribution >= 4 is 11.3 Å². The van der Waals surface area contributed by atoms with Crippen LogP contribution in [-0.4, -0.2) is 9.55 Å². The number of nitriles is 1. The quantitative estimate of drug-likeness (QED) is 0.832. The van der Waals surface area contributed by atoms with Gasteiger partial charge in [0.1, 0.15) is 11.1 Å². The molecule has 17 heavy (non-hydrogen) atoms. The summed E-state index contributed by atoms with van der Waals surface area (Å²) < 4.78 is 2.15. The molecular weight excluding hydrogens is 230 g/mol. The van der Waals surface area contributed by atoms with E-state index in [0.29, 0.717) is 5.92 Å². The lowest BCUT2D eigenvalue weighted by Gasteiger charge is -2.11. The van der Waals surface area contributed by atoms with Crippen molar-refractivity contribution in [2.24, 2.45) is 0 Å². The van der Waals surface area contributed by atoms with Crippen LogP contribution in [0.5, 0.6) is 0 Å². The van der Waals surface area contributed by atoms with Crippen LogP contribution in [0, 0.1) is 18.3 Å². The Labute approximate surface area is 105 Å². The fourth-order valence-electron chi connectivity index (χ4n) is 2.16. The first-order valence-corrected chi connectivity index (χ1v) is 6.49. The first-order valence-electron chi connectivity index (χ1n) is 5.61. The first kappa shape index (κ1) is 11.9. The summed E-state index contributed by atoms with van der Waals surface area (Å²) in [6.45, 7) is 7.09. The minimum absolute atomic E-state index is 0.414. The molecule has 0 amide bonds. The van der Waals surface area contributed by atoms with Gasteiger partial charge in [-0.15, -0.1) is 11.3 Å². The van der Waals surface area contributed by atoms with E-state index in [4.69, 9.17) is 5.26 Å². The number of rotatable bonds is 3. The molecule has 0 aliphatic carbocycles. The molecule has 0 aliphatic rings. The lowest BCUT2D eigenvalue weighted by atomic mass is 10.0. The Morgan fingerprint density at radius 3 is 2.82 bits per heavy atom. The SMILES string of the molecule is Cc1c(C#N)cn(Cc2nccs2)c1C(C)C. The average Bonchev–Trinajstić information content (AvgIpc) is 2.87. The minimum atomic E-state index is 0.414. The summed E-state index contributed by atoms with van der Waals surface area (Å²) in [5.41, 5.74) is 3.10. The second kappa shape index (κ2) is 4.72. The summed E-state index contributed by atoms with van der Waals surface area (Å²) >= 11 is 1.65. The van der Waals surface area contributed by atoms with Crippen LogP contribution in [0.4, 0.5) is 0 Å². The van der Waals surface area contributed by atoms with Crippen molar-refractivity contribution in [1.82, 2.24) is 9.55 Å². The molecular formula is C13H15N3S. The Bertz CT molecular complexity index is 544. The van der Waals surface area contributed by atoms with E-state index in [1.54, 1.807) is 11.3 Å². The van der Waals surface area contributed by atoms with Crippen molar-refractivity contribution in [2.45, 2.75) is 33.2 Å². The molecule has 0 saturated carbocycles. The smallest absolute Gasteiger partial charge is 0.112 e. The van der Waals surface area contributed by atoms with E-state index >= 15 is 0 Å². The van der Waals surface area contributed by atoms with E-state index < -0.39 is 0 Å². The van der Waals surface area contributed by atoms with E-state index in [1.807, 2.05) is 24.7 Å². The van der Waals surface area contributed by atoms with Crippen LogP contribution < -0.4 is 0 Å².